The van der Waals surface area contributed by atoms with Gasteiger partial charge in [0.2, 0.25) is 0 Å². The molecule has 0 unspecified atom stereocenters. The summed E-state index contributed by atoms with van der Waals surface area (Å²) in [6, 6.07) is 30.5. The first-order valence-corrected chi connectivity index (χ1v) is 29.7. The fourth-order valence-electron chi connectivity index (χ4n) is 8.50. The molecular weight excluding hydrogens is 1030 g/mol. The predicted octanol–water partition coefficient (Wildman–Crippen LogP) is 19.6. The van der Waals surface area contributed by atoms with E-state index in [-0.39, 0.29) is 0 Å². The highest BCUT2D eigenvalue weighted by atomic mass is 15.1. The topological polar surface area (TPSA) is 155 Å². The van der Waals surface area contributed by atoms with Gasteiger partial charge in [-0.3, -0.25) is 29.9 Å². The maximum Gasteiger partial charge on any atom is 0.159 e. The molecule has 0 fully saturated rings. The molecule has 12 nitrogen and oxygen atoms in total. The summed E-state index contributed by atoms with van der Waals surface area (Å²) in [6.45, 7) is 48.6. The minimum Gasteiger partial charge on any atom is -0.264 e. The quantitative estimate of drug-likeness (QED) is 0.142. The summed E-state index contributed by atoms with van der Waals surface area (Å²) in [6.07, 6.45) is 16.0. The number of hydrogen-bond acceptors (Lipinski definition) is 12. The maximum absolute atomic E-state index is 4.40. The van der Waals surface area contributed by atoms with Crippen molar-refractivity contribution < 1.29 is 0 Å². The molecule has 0 radical (unpaired) electrons. The van der Waals surface area contributed by atoms with Crippen LogP contribution in [0.2, 0.25) is 0 Å². The van der Waals surface area contributed by atoms with Gasteiger partial charge in [0.25, 0.3) is 0 Å². The minimum atomic E-state index is 0.843. The molecule has 12 aromatic rings. The van der Waals surface area contributed by atoms with Gasteiger partial charge in [0.05, 0.1) is 45.5 Å². The fourth-order valence-corrected chi connectivity index (χ4v) is 8.50. The minimum absolute atomic E-state index is 0.843. The highest BCUT2D eigenvalue weighted by molar-refractivity contribution is 5.84. The lowest BCUT2D eigenvalue weighted by Crippen LogP contribution is -1.88. The largest absolute Gasteiger partial charge is 0.264 e. The Morgan fingerprint density at radius 2 is 0.726 bits per heavy atom. The molecule has 0 aliphatic carbocycles. The van der Waals surface area contributed by atoms with Crippen LogP contribution in [0, 0.1) is 83.1 Å². The van der Waals surface area contributed by atoms with Gasteiger partial charge in [-0.2, -0.15) is 10.2 Å². The molecule has 10 heterocycles. The molecule has 444 valence electrons. The molecule has 0 aliphatic rings. The molecule has 84 heavy (non-hydrogen) atoms. The Kier molecular flexibility index (Phi) is 35.4. The Hall–Kier alpha value is -8.64. The van der Waals surface area contributed by atoms with E-state index >= 15 is 0 Å². The number of benzene rings is 2. The van der Waals surface area contributed by atoms with E-state index < -0.39 is 0 Å². The highest BCUT2D eigenvalue weighted by Gasteiger charge is 2.03. The van der Waals surface area contributed by atoms with Crippen molar-refractivity contribution in [3.63, 3.8) is 0 Å². The molecule has 12 rings (SSSR count). The van der Waals surface area contributed by atoms with E-state index in [2.05, 4.69) is 164 Å². The van der Waals surface area contributed by atoms with Crippen molar-refractivity contribution in [1.82, 2.24) is 60.0 Å². The van der Waals surface area contributed by atoms with Gasteiger partial charge in [-0.1, -0.05) is 95.2 Å². The average Bonchev–Trinajstić information content (AvgIpc) is 3.68. The third-order valence-electron chi connectivity index (χ3n) is 11.7. The van der Waals surface area contributed by atoms with Crippen LogP contribution >= 0.6 is 0 Å². The molecule has 0 amide bonds. The van der Waals surface area contributed by atoms with E-state index in [0.717, 1.165) is 77.7 Å². The SMILES string of the molecule is CC.CC.CC.CC.CC.CC.Cc1cc(C)c2cccnc2n1.Cc1cc(C)c2ccncc2n1.Cc1cc(C)c2ccnnc2c1.Cc1cc(C)c2cnccc2n1.Cc1cc(C)c2cncnc2c1.Cc1cc(C)c2ncccc2n1. The summed E-state index contributed by atoms with van der Waals surface area (Å²) in [5.74, 6) is 0. The molecule has 0 bridgehead atoms. The summed E-state index contributed by atoms with van der Waals surface area (Å²) in [5.41, 5.74) is 21.0. The van der Waals surface area contributed by atoms with Crippen LogP contribution in [0.25, 0.3) is 65.7 Å². The molecular formula is C72H96N12. The van der Waals surface area contributed by atoms with Gasteiger partial charge >= 0.3 is 0 Å². The standard InChI is InChI=1S/6C10H10N2.6C2H6/c1-7-3-8(2)9-5-11-6-12-10(9)4-7;1-7-5-8(2)12-10-3-4-11-6-9(7)10;1-7-5-8(2)12-10-6-11-4-3-9(7)10;1-7-5-8(2)9-3-4-11-12-10(9)6-7;1-7-6-8(2)12-9-4-3-5-11-10(7)9;1-7-6-8(2)12-10-9(7)4-3-5-11-10;6*1-2/h6*3-6H,1-2H3;6*1-2H3. The first kappa shape index (κ1) is 73.4. The Morgan fingerprint density at radius 3 is 1.37 bits per heavy atom. The lowest BCUT2D eigenvalue weighted by Gasteiger charge is -2.01. The van der Waals surface area contributed by atoms with Crippen molar-refractivity contribution in [2.45, 2.75) is 166 Å². The van der Waals surface area contributed by atoms with Gasteiger partial charge in [0.15, 0.2) is 5.65 Å². The highest BCUT2D eigenvalue weighted by Crippen LogP contribution is 2.20. The van der Waals surface area contributed by atoms with Crippen LogP contribution in [0.5, 0.6) is 0 Å². The molecule has 0 atom stereocenters. The second-order valence-corrected chi connectivity index (χ2v) is 17.9. The Labute approximate surface area is 503 Å². The summed E-state index contributed by atoms with van der Waals surface area (Å²) in [7, 11) is 0. The van der Waals surface area contributed by atoms with Gasteiger partial charge in [0.1, 0.15) is 6.33 Å². The number of pyridine rings is 8. The Morgan fingerprint density at radius 1 is 0.286 bits per heavy atom. The number of nitrogens with zero attached hydrogens (tertiary/aromatic N) is 12. The van der Waals surface area contributed by atoms with E-state index in [1.54, 1.807) is 43.5 Å². The molecule has 0 aliphatic heterocycles. The number of hydrogen-bond donors (Lipinski definition) is 0. The summed E-state index contributed by atoms with van der Waals surface area (Å²) >= 11 is 0. The number of aryl methyl sites for hydroxylation is 12. The van der Waals surface area contributed by atoms with Crippen molar-refractivity contribution in [3.8, 4) is 0 Å². The Bertz CT molecular complexity index is 3180. The molecule has 0 N–H and O–H groups in total. The van der Waals surface area contributed by atoms with Crippen LogP contribution in [-0.2, 0) is 0 Å². The Balaban J connectivity index is 0.000000486. The van der Waals surface area contributed by atoms with Gasteiger partial charge < -0.3 is 0 Å². The number of fused-ring (bicyclic) bond motifs is 6. The predicted molar refractivity (Wildman–Crippen MR) is 362 cm³/mol. The van der Waals surface area contributed by atoms with Crippen molar-refractivity contribution in [2.24, 2.45) is 0 Å². The van der Waals surface area contributed by atoms with Crippen LogP contribution in [0.1, 0.15) is 150 Å². The zero-order valence-electron chi connectivity index (χ0n) is 55.2. The lowest BCUT2D eigenvalue weighted by atomic mass is 10.1. The van der Waals surface area contributed by atoms with Gasteiger partial charge in [-0.05, 0) is 206 Å². The van der Waals surface area contributed by atoms with Crippen LogP contribution in [0.15, 0.2) is 147 Å². The van der Waals surface area contributed by atoms with E-state index in [1.165, 1.54) is 55.3 Å². The molecule has 2 aromatic carbocycles. The third kappa shape index (κ3) is 23.0. The average molecular weight is 1130 g/mol. The first-order chi connectivity index (χ1) is 40.6. The van der Waals surface area contributed by atoms with Gasteiger partial charge in [0, 0.05) is 86.9 Å². The number of aromatic nitrogens is 12. The van der Waals surface area contributed by atoms with Crippen LogP contribution in [0.4, 0.5) is 0 Å². The maximum atomic E-state index is 4.40. The lowest BCUT2D eigenvalue weighted by molar-refractivity contribution is 1.07. The normalized spacial score (nSPS) is 9.43. The second-order valence-electron chi connectivity index (χ2n) is 17.9. The van der Waals surface area contributed by atoms with E-state index in [9.17, 15) is 0 Å². The van der Waals surface area contributed by atoms with Crippen LogP contribution in [-0.4, -0.2) is 60.0 Å². The van der Waals surface area contributed by atoms with E-state index in [1.807, 2.05) is 166 Å². The van der Waals surface area contributed by atoms with Gasteiger partial charge in [-0.15, -0.1) is 0 Å². The molecule has 0 saturated heterocycles. The third-order valence-corrected chi connectivity index (χ3v) is 11.7. The first-order valence-electron chi connectivity index (χ1n) is 29.7. The summed E-state index contributed by atoms with van der Waals surface area (Å²) in [5, 5.41) is 13.7. The van der Waals surface area contributed by atoms with Crippen molar-refractivity contribution in [3.05, 3.63) is 214 Å². The van der Waals surface area contributed by atoms with E-state index in [0.29, 0.717) is 0 Å². The fraction of sp³-hybridized carbons (Fsp3) is 0.333. The van der Waals surface area contributed by atoms with E-state index in [4.69, 9.17) is 0 Å². The second kappa shape index (κ2) is 40.5. The van der Waals surface area contributed by atoms with Gasteiger partial charge in [-0.25, -0.2) is 19.9 Å². The molecule has 0 saturated carbocycles. The monoisotopic (exact) mass is 1130 g/mol. The van der Waals surface area contributed by atoms with Crippen molar-refractivity contribution in [2.75, 3.05) is 0 Å². The van der Waals surface area contributed by atoms with Crippen molar-refractivity contribution >= 4 is 65.7 Å². The number of rotatable bonds is 0. The summed E-state index contributed by atoms with van der Waals surface area (Å²) < 4.78 is 0. The van der Waals surface area contributed by atoms with Crippen molar-refractivity contribution in [1.29, 1.82) is 0 Å². The zero-order chi connectivity index (χ0) is 63.3. The molecule has 10 aromatic heterocycles. The molecule has 12 heteroatoms. The van der Waals surface area contributed by atoms with Crippen LogP contribution in [0.3, 0.4) is 0 Å². The van der Waals surface area contributed by atoms with Crippen LogP contribution < -0.4 is 0 Å². The molecule has 0 spiro atoms. The summed E-state index contributed by atoms with van der Waals surface area (Å²) in [4.78, 5) is 42.2. The zero-order valence-corrected chi connectivity index (χ0v) is 55.2. The smallest absolute Gasteiger partial charge is 0.159 e.